The van der Waals surface area contributed by atoms with Crippen molar-refractivity contribution in [2.75, 3.05) is 26.9 Å². The third-order valence-corrected chi connectivity index (χ3v) is 6.46. The number of carbonyl (C=O) groups excluding carboxylic acids is 2. The van der Waals surface area contributed by atoms with E-state index in [0.717, 1.165) is 17.2 Å². The molecular formula is C26H32ClN3O5. The standard InChI is InChI=1S/C26H32ClN3O5/c1-7-35-26(32)24-21(14-34-13-12-30-17(4)15(2)28-18(30)5)29-16(3)22(25(31)33-6)23(24)19-10-8-9-11-20(19)27/h8-11,23,29H,7,12-14H2,1-6H3. The van der Waals surface area contributed by atoms with Crippen LogP contribution in [0.3, 0.4) is 0 Å². The lowest BCUT2D eigenvalue weighted by atomic mass is 9.80. The van der Waals surface area contributed by atoms with Crippen molar-refractivity contribution in [3.8, 4) is 0 Å². The van der Waals surface area contributed by atoms with Crippen LogP contribution in [0.2, 0.25) is 5.02 Å². The molecule has 1 aromatic carbocycles. The molecule has 8 nitrogen and oxygen atoms in total. The number of carbonyl (C=O) groups is 2. The highest BCUT2D eigenvalue weighted by molar-refractivity contribution is 6.31. The van der Waals surface area contributed by atoms with Crippen molar-refractivity contribution in [2.24, 2.45) is 0 Å². The molecule has 0 radical (unpaired) electrons. The lowest BCUT2D eigenvalue weighted by Crippen LogP contribution is -2.35. The second kappa shape index (κ2) is 11.6. The average Bonchev–Trinajstić information content (AvgIpc) is 3.07. The number of halogens is 1. The van der Waals surface area contributed by atoms with Gasteiger partial charge in [-0.3, -0.25) is 0 Å². The summed E-state index contributed by atoms with van der Waals surface area (Å²) in [6, 6.07) is 7.12. The summed E-state index contributed by atoms with van der Waals surface area (Å²) >= 11 is 6.53. The van der Waals surface area contributed by atoms with E-state index in [9.17, 15) is 9.59 Å². The van der Waals surface area contributed by atoms with Crippen molar-refractivity contribution in [3.63, 3.8) is 0 Å². The Kier molecular flexibility index (Phi) is 8.75. The first-order valence-electron chi connectivity index (χ1n) is 11.5. The highest BCUT2D eigenvalue weighted by Gasteiger charge is 2.39. The molecule has 0 saturated heterocycles. The quantitative estimate of drug-likeness (QED) is 0.408. The number of allylic oxidation sites excluding steroid dienone is 1. The fourth-order valence-corrected chi connectivity index (χ4v) is 4.59. The number of ether oxygens (including phenoxy) is 3. The monoisotopic (exact) mass is 501 g/mol. The number of rotatable bonds is 9. The lowest BCUT2D eigenvalue weighted by molar-refractivity contribution is -0.139. The maximum absolute atomic E-state index is 13.2. The van der Waals surface area contributed by atoms with Gasteiger partial charge in [0.2, 0.25) is 0 Å². The fraction of sp³-hybridized carbons (Fsp3) is 0.423. The first kappa shape index (κ1) is 26.5. The van der Waals surface area contributed by atoms with Gasteiger partial charge in [0, 0.05) is 23.0 Å². The van der Waals surface area contributed by atoms with E-state index in [4.69, 9.17) is 25.8 Å². The summed E-state index contributed by atoms with van der Waals surface area (Å²) in [7, 11) is 1.31. The van der Waals surface area contributed by atoms with Crippen molar-refractivity contribution in [1.82, 2.24) is 14.9 Å². The number of dihydropyridines is 1. The molecule has 0 aliphatic carbocycles. The van der Waals surface area contributed by atoms with Crippen molar-refractivity contribution < 1.29 is 23.8 Å². The Labute approximate surface area is 210 Å². The third kappa shape index (κ3) is 5.60. The molecule has 0 fully saturated rings. The normalized spacial score (nSPS) is 15.8. The van der Waals surface area contributed by atoms with Gasteiger partial charge in [0.15, 0.2) is 0 Å². The summed E-state index contributed by atoms with van der Waals surface area (Å²) in [5.41, 5.74) is 4.34. The van der Waals surface area contributed by atoms with Crippen LogP contribution in [0, 0.1) is 20.8 Å². The van der Waals surface area contributed by atoms with Crippen LogP contribution in [0.5, 0.6) is 0 Å². The summed E-state index contributed by atoms with van der Waals surface area (Å²) in [5, 5.41) is 3.61. The number of nitrogens with zero attached hydrogens (tertiary/aromatic N) is 2. The van der Waals surface area contributed by atoms with Gasteiger partial charge in [-0.15, -0.1) is 0 Å². The molecule has 0 spiro atoms. The summed E-state index contributed by atoms with van der Waals surface area (Å²) in [4.78, 5) is 30.5. The summed E-state index contributed by atoms with van der Waals surface area (Å²) in [6.45, 7) is 10.8. The second-order valence-corrected chi connectivity index (χ2v) is 8.66. The number of benzene rings is 1. The van der Waals surface area contributed by atoms with E-state index < -0.39 is 17.9 Å². The van der Waals surface area contributed by atoms with Crippen LogP contribution >= 0.6 is 11.6 Å². The molecule has 2 heterocycles. The first-order chi connectivity index (χ1) is 16.7. The minimum atomic E-state index is -0.768. The Balaban J connectivity index is 1.97. The van der Waals surface area contributed by atoms with Gasteiger partial charge in [-0.05, 0) is 46.2 Å². The second-order valence-electron chi connectivity index (χ2n) is 8.26. The number of hydrogen-bond donors (Lipinski definition) is 1. The fourth-order valence-electron chi connectivity index (χ4n) is 4.34. The topological polar surface area (TPSA) is 91.7 Å². The van der Waals surface area contributed by atoms with E-state index in [-0.39, 0.29) is 18.8 Å². The van der Waals surface area contributed by atoms with Gasteiger partial charge in [0.25, 0.3) is 0 Å². The largest absolute Gasteiger partial charge is 0.466 e. The maximum Gasteiger partial charge on any atom is 0.336 e. The molecule has 0 bridgehead atoms. The average molecular weight is 502 g/mol. The van der Waals surface area contributed by atoms with E-state index >= 15 is 0 Å². The first-order valence-corrected chi connectivity index (χ1v) is 11.9. The molecule has 1 atom stereocenters. The Morgan fingerprint density at radius 2 is 1.83 bits per heavy atom. The maximum atomic E-state index is 13.2. The Morgan fingerprint density at radius 1 is 1.11 bits per heavy atom. The molecule has 3 rings (SSSR count). The molecule has 1 aliphatic rings. The van der Waals surface area contributed by atoms with Crippen LogP contribution in [0.4, 0.5) is 0 Å². The predicted octanol–water partition coefficient (Wildman–Crippen LogP) is 4.13. The lowest BCUT2D eigenvalue weighted by Gasteiger charge is -2.31. The minimum absolute atomic E-state index is 0.118. The molecule has 1 aromatic heterocycles. The van der Waals surface area contributed by atoms with Gasteiger partial charge < -0.3 is 24.1 Å². The number of imidazole rings is 1. The van der Waals surface area contributed by atoms with E-state index in [1.165, 1.54) is 7.11 Å². The number of hydrogen-bond acceptors (Lipinski definition) is 7. The van der Waals surface area contributed by atoms with E-state index in [2.05, 4.69) is 14.9 Å². The summed E-state index contributed by atoms with van der Waals surface area (Å²) in [5.74, 6) is -0.945. The zero-order chi connectivity index (χ0) is 25.7. The van der Waals surface area contributed by atoms with Gasteiger partial charge in [-0.25, -0.2) is 14.6 Å². The SMILES string of the molecule is CCOC(=O)C1=C(COCCn2c(C)nc(C)c2C)NC(C)=C(C(=O)OC)C1c1ccccc1Cl. The molecule has 0 saturated carbocycles. The van der Waals surface area contributed by atoms with Crippen molar-refractivity contribution in [2.45, 2.75) is 47.1 Å². The van der Waals surface area contributed by atoms with E-state index in [0.29, 0.717) is 40.7 Å². The van der Waals surface area contributed by atoms with Crippen LogP contribution in [0.1, 0.15) is 42.5 Å². The van der Waals surface area contributed by atoms with Crippen LogP contribution in [-0.4, -0.2) is 48.4 Å². The zero-order valence-electron chi connectivity index (χ0n) is 21.0. The number of methoxy groups -OCH3 is 1. The Morgan fingerprint density at radius 3 is 2.43 bits per heavy atom. The van der Waals surface area contributed by atoms with Gasteiger partial charge >= 0.3 is 11.9 Å². The van der Waals surface area contributed by atoms with Gasteiger partial charge in [-0.1, -0.05) is 29.8 Å². The van der Waals surface area contributed by atoms with Crippen LogP contribution < -0.4 is 5.32 Å². The predicted molar refractivity (Wildman–Crippen MR) is 133 cm³/mol. The zero-order valence-corrected chi connectivity index (χ0v) is 21.8. The molecule has 1 unspecified atom stereocenters. The van der Waals surface area contributed by atoms with Crippen LogP contribution in [-0.2, 0) is 30.3 Å². The molecule has 0 amide bonds. The van der Waals surface area contributed by atoms with Crippen LogP contribution in [0.25, 0.3) is 0 Å². The molecule has 35 heavy (non-hydrogen) atoms. The number of aryl methyl sites for hydroxylation is 2. The van der Waals surface area contributed by atoms with Gasteiger partial charge in [0.1, 0.15) is 5.82 Å². The van der Waals surface area contributed by atoms with Gasteiger partial charge in [-0.2, -0.15) is 0 Å². The van der Waals surface area contributed by atoms with Crippen molar-refractivity contribution in [3.05, 3.63) is 74.6 Å². The minimum Gasteiger partial charge on any atom is -0.466 e. The molecule has 1 N–H and O–H groups in total. The molecule has 1 aliphatic heterocycles. The van der Waals surface area contributed by atoms with Crippen molar-refractivity contribution in [1.29, 1.82) is 0 Å². The molecular weight excluding hydrogens is 470 g/mol. The number of nitrogens with one attached hydrogen (secondary N) is 1. The third-order valence-electron chi connectivity index (χ3n) is 6.12. The van der Waals surface area contributed by atoms with E-state index in [1.807, 2.05) is 26.8 Å². The van der Waals surface area contributed by atoms with Gasteiger partial charge in [0.05, 0.1) is 55.4 Å². The highest BCUT2D eigenvalue weighted by Crippen LogP contribution is 2.41. The van der Waals surface area contributed by atoms with Crippen LogP contribution in [0.15, 0.2) is 46.8 Å². The van der Waals surface area contributed by atoms with E-state index in [1.54, 1.807) is 32.0 Å². The highest BCUT2D eigenvalue weighted by atomic mass is 35.5. The van der Waals surface area contributed by atoms with Crippen molar-refractivity contribution >= 4 is 23.5 Å². The number of aromatic nitrogens is 2. The Bertz CT molecular complexity index is 1180. The Hall–Kier alpha value is -3.10. The number of esters is 2. The summed E-state index contributed by atoms with van der Waals surface area (Å²) < 4.78 is 18.5. The molecule has 2 aromatic rings. The smallest absolute Gasteiger partial charge is 0.336 e. The summed E-state index contributed by atoms with van der Waals surface area (Å²) in [6.07, 6.45) is 0. The molecule has 9 heteroatoms. The molecule has 188 valence electrons.